The molecule has 2 aromatic rings. The molecule has 0 amide bonds. The summed E-state index contributed by atoms with van der Waals surface area (Å²) < 4.78 is 7.00. The Morgan fingerprint density at radius 1 is 1.28 bits per heavy atom. The summed E-state index contributed by atoms with van der Waals surface area (Å²) in [4.78, 5) is 10.4. The summed E-state index contributed by atoms with van der Waals surface area (Å²) in [5, 5.41) is 10.8. The molecule has 1 unspecified atom stereocenters. The molecule has 0 N–H and O–H groups in total. The number of hydrogen-bond acceptors (Lipinski definition) is 3. The van der Waals surface area contributed by atoms with E-state index in [1.807, 2.05) is 31.2 Å². The summed E-state index contributed by atoms with van der Waals surface area (Å²) in [5.41, 5.74) is 4.35. The monoisotopic (exact) mass is 399 g/mol. The van der Waals surface area contributed by atoms with Crippen molar-refractivity contribution in [1.82, 2.24) is 0 Å². The number of benzene rings is 2. The Hall–Kier alpha value is -2.40. The number of halogens is 1. The maximum atomic E-state index is 10.8. The van der Waals surface area contributed by atoms with E-state index in [1.165, 1.54) is 0 Å². The Labute approximate surface area is 155 Å². The van der Waals surface area contributed by atoms with Gasteiger partial charge < -0.3 is 4.74 Å². The molecule has 128 valence electrons. The summed E-state index contributed by atoms with van der Waals surface area (Å²) >= 11 is 3.59. The maximum Gasteiger partial charge on any atom is 0.269 e. The van der Waals surface area contributed by atoms with Crippen LogP contribution in [0.1, 0.15) is 18.1 Å². The lowest BCUT2D eigenvalue weighted by molar-refractivity contribution is -0.384. The minimum Gasteiger partial charge on any atom is -0.492 e. The normalized spacial score (nSPS) is 16.6. The zero-order valence-corrected chi connectivity index (χ0v) is 15.5. The Kier molecular flexibility index (Phi) is 5.04. The Balaban J connectivity index is 2.00. The van der Waals surface area contributed by atoms with E-state index in [1.54, 1.807) is 24.3 Å². The van der Waals surface area contributed by atoms with E-state index in [9.17, 15) is 10.1 Å². The number of rotatable bonds is 5. The molecule has 0 fully saturated rings. The molecule has 2 aromatic carbocycles. The van der Waals surface area contributed by atoms with Crippen LogP contribution in [0.4, 0.5) is 5.69 Å². The molecule has 4 nitrogen and oxygen atoms in total. The lowest BCUT2D eigenvalue weighted by Crippen LogP contribution is -2.07. The Morgan fingerprint density at radius 3 is 2.56 bits per heavy atom. The van der Waals surface area contributed by atoms with Gasteiger partial charge in [-0.2, -0.15) is 0 Å². The first kappa shape index (κ1) is 17.4. The number of hydrogen-bond donors (Lipinski definition) is 0. The van der Waals surface area contributed by atoms with Crippen molar-refractivity contribution in [2.75, 3.05) is 6.61 Å². The van der Waals surface area contributed by atoms with E-state index in [4.69, 9.17) is 4.74 Å². The number of ether oxygens (including phenoxy) is 1. The standard InChI is InChI=1S/C20H18BrNO3/c1-13(2)18-12-25-20(16-5-3-4-6-19(16)21)17(18)11-14-7-9-15(10-8-14)22(23)24/h3-10,18H,1,11-12H2,2H3. The minimum absolute atomic E-state index is 0.0999. The first-order chi connectivity index (χ1) is 12.0. The van der Waals surface area contributed by atoms with Gasteiger partial charge in [0.15, 0.2) is 0 Å². The van der Waals surface area contributed by atoms with Crippen molar-refractivity contribution in [3.05, 3.63) is 92.0 Å². The minimum atomic E-state index is -0.384. The number of nitrogens with zero attached hydrogens (tertiary/aromatic N) is 1. The third kappa shape index (κ3) is 3.66. The zero-order valence-electron chi connectivity index (χ0n) is 13.9. The molecule has 1 aliphatic heterocycles. The van der Waals surface area contributed by atoms with Gasteiger partial charge in [-0.1, -0.05) is 58.4 Å². The van der Waals surface area contributed by atoms with Gasteiger partial charge in [0, 0.05) is 28.1 Å². The molecule has 0 bridgehead atoms. The van der Waals surface area contributed by atoms with E-state index >= 15 is 0 Å². The van der Waals surface area contributed by atoms with Crippen molar-refractivity contribution in [1.29, 1.82) is 0 Å². The lowest BCUT2D eigenvalue weighted by Gasteiger charge is -2.13. The van der Waals surface area contributed by atoms with E-state index in [0.717, 1.165) is 32.5 Å². The smallest absolute Gasteiger partial charge is 0.269 e. The van der Waals surface area contributed by atoms with Gasteiger partial charge in [-0.25, -0.2) is 0 Å². The second kappa shape index (κ2) is 7.23. The molecule has 25 heavy (non-hydrogen) atoms. The predicted molar refractivity (Wildman–Crippen MR) is 102 cm³/mol. The first-order valence-electron chi connectivity index (χ1n) is 7.97. The Bertz CT molecular complexity index is 855. The van der Waals surface area contributed by atoms with Crippen LogP contribution >= 0.6 is 15.9 Å². The third-order valence-electron chi connectivity index (χ3n) is 4.36. The van der Waals surface area contributed by atoms with Gasteiger partial charge in [0.1, 0.15) is 5.76 Å². The summed E-state index contributed by atoms with van der Waals surface area (Å²) in [6.07, 6.45) is 0.673. The highest BCUT2D eigenvalue weighted by atomic mass is 79.9. The van der Waals surface area contributed by atoms with Gasteiger partial charge in [0.05, 0.1) is 11.5 Å². The molecular weight excluding hydrogens is 382 g/mol. The SMILES string of the molecule is C=C(C)C1COC(c2ccccc2Br)=C1Cc1ccc([N+](=O)[O-])cc1. The quantitative estimate of drug-likeness (QED) is 0.377. The van der Waals surface area contributed by atoms with Gasteiger partial charge in [-0.3, -0.25) is 10.1 Å². The van der Waals surface area contributed by atoms with Crippen LogP contribution in [0.3, 0.4) is 0 Å². The second-order valence-corrected chi connectivity index (χ2v) is 7.00. The molecule has 0 saturated heterocycles. The van der Waals surface area contributed by atoms with Crippen molar-refractivity contribution >= 4 is 27.4 Å². The summed E-state index contributed by atoms with van der Waals surface area (Å²) in [5.74, 6) is 1.02. The topological polar surface area (TPSA) is 52.4 Å². The fourth-order valence-electron chi connectivity index (χ4n) is 3.01. The van der Waals surface area contributed by atoms with Crippen LogP contribution in [-0.4, -0.2) is 11.5 Å². The predicted octanol–water partition coefficient (Wildman–Crippen LogP) is 5.53. The van der Waals surface area contributed by atoms with Crippen LogP contribution in [0.15, 0.2) is 70.7 Å². The average Bonchev–Trinajstić information content (AvgIpc) is 2.99. The Morgan fingerprint density at radius 2 is 1.96 bits per heavy atom. The van der Waals surface area contributed by atoms with E-state index in [2.05, 4.69) is 22.5 Å². The number of non-ortho nitro benzene ring substituents is 1. The highest BCUT2D eigenvalue weighted by Gasteiger charge is 2.29. The summed E-state index contributed by atoms with van der Waals surface area (Å²) in [7, 11) is 0. The van der Waals surface area contributed by atoms with E-state index in [-0.39, 0.29) is 16.5 Å². The molecule has 5 heteroatoms. The molecule has 1 heterocycles. The number of nitro benzene ring substituents is 1. The van der Waals surface area contributed by atoms with Crippen LogP contribution in [0, 0.1) is 16.0 Å². The van der Waals surface area contributed by atoms with Crippen LogP contribution < -0.4 is 0 Å². The van der Waals surface area contributed by atoms with Crippen LogP contribution in [0.2, 0.25) is 0 Å². The lowest BCUT2D eigenvalue weighted by atomic mass is 9.88. The molecule has 0 aliphatic carbocycles. The fraction of sp³-hybridized carbons (Fsp3) is 0.200. The molecule has 0 aromatic heterocycles. The molecule has 0 spiro atoms. The maximum absolute atomic E-state index is 10.8. The van der Waals surface area contributed by atoms with Gasteiger partial charge in [-0.05, 0) is 30.5 Å². The van der Waals surface area contributed by atoms with Crippen LogP contribution in [-0.2, 0) is 11.2 Å². The second-order valence-electron chi connectivity index (χ2n) is 6.14. The van der Waals surface area contributed by atoms with Crippen molar-refractivity contribution < 1.29 is 9.66 Å². The molecule has 0 radical (unpaired) electrons. The largest absolute Gasteiger partial charge is 0.492 e. The first-order valence-corrected chi connectivity index (χ1v) is 8.76. The van der Waals surface area contributed by atoms with Crippen molar-refractivity contribution in [2.45, 2.75) is 13.3 Å². The molecular formula is C20H18BrNO3. The number of nitro groups is 1. The third-order valence-corrected chi connectivity index (χ3v) is 5.05. The molecule has 0 saturated carbocycles. The van der Waals surface area contributed by atoms with Crippen molar-refractivity contribution in [3.8, 4) is 0 Å². The van der Waals surface area contributed by atoms with Crippen molar-refractivity contribution in [2.24, 2.45) is 5.92 Å². The van der Waals surface area contributed by atoms with Crippen molar-refractivity contribution in [3.63, 3.8) is 0 Å². The highest BCUT2D eigenvalue weighted by molar-refractivity contribution is 9.10. The van der Waals surface area contributed by atoms with Crippen LogP contribution in [0.25, 0.3) is 5.76 Å². The van der Waals surface area contributed by atoms with Gasteiger partial charge in [0.2, 0.25) is 0 Å². The van der Waals surface area contributed by atoms with E-state index < -0.39 is 0 Å². The van der Waals surface area contributed by atoms with Gasteiger partial charge in [0.25, 0.3) is 5.69 Å². The highest BCUT2D eigenvalue weighted by Crippen LogP contribution is 2.40. The average molecular weight is 400 g/mol. The molecule has 3 rings (SSSR count). The van der Waals surface area contributed by atoms with Crippen LogP contribution in [0.5, 0.6) is 0 Å². The summed E-state index contributed by atoms with van der Waals surface area (Å²) in [6, 6.07) is 14.6. The zero-order chi connectivity index (χ0) is 18.0. The fourth-order valence-corrected chi connectivity index (χ4v) is 3.48. The molecule has 1 atom stereocenters. The van der Waals surface area contributed by atoms with E-state index in [0.29, 0.717) is 13.0 Å². The van der Waals surface area contributed by atoms with Gasteiger partial charge in [-0.15, -0.1) is 0 Å². The molecule has 1 aliphatic rings. The summed E-state index contributed by atoms with van der Waals surface area (Å²) in [6.45, 7) is 6.69. The van der Waals surface area contributed by atoms with Gasteiger partial charge >= 0.3 is 0 Å².